The van der Waals surface area contributed by atoms with E-state index in [2.05, 4.69) is 0 Å². The van der Waals surface area contributed by atoms with Gasteiger partial charge in [0.15, 0.2) is 0 Å². The zero-order valence-corrected chi connectivity index (χ0v) is 8.16. The van der Waals surface area contributed by atoms with Gasteiger partial charge in [0.1, 0.15) is 5.41 Å². The van der Waals surface area contributed by atoms with E-state index in [1.54, 1.807) is 0 Å². The first-order chi connectivity index (χ1) is 6.47. The van der Waals surface area contributed by atoms with Gasteiger partial charge in [-0.25, -0.2) is 0 Å². The summed E-state index contributed by atoms with van der Waals surface area (Å²) >= 11 is 0. The van der Waals surface area contributed by atoms with Gasteiger partial charge in [-0.3, -0.25) is 9.59 Å². The highest BCUT2D eigenvalue weighted by molar-refractivity contribution is 6.00. The molecule has 1 saturated heterocycles. The second-order valence-electron chi connectivity index (χ2n) is 3.84. The van der Waals surface area contributed by atoms with Crippen LogP contribution in [0.3, 0.4) is 0 Å². The quantitative estimate of drug-likeness (QED) is 0.633. The van der Waals surface area contributed by atoms with Gasteiger partial charge in [0.25, 0.3) is 0 Å². The van der Waals surface area contributed by atoms with Gasteiger partial charge in [-0.05, 0) is 26.2 Å². The number of carbonyl (C=O) groups is 2. The molecule has 5 nitrogen and oxygen atoms in total. The van der Waals surface area contributed by atoms with Crippen molar-refractivity contribution in [3.63, 3.8) is 0 Å². The second-order valence-corrected chi connectivity index (χ2v) is 3.84. The standard InChI is InChI=1S/C9H15NO4/c1-9(7(10)11,8(12)13)5-6-3-2-4-14-6/h6H,2-5H2,1H3,(H2,10,11)(H,12,13). The number of ether oxygens (including phenoxy) is 1. The van der Waals surface area contributed by atoms with E-state index in [4.69, 9.17) is 15.6 Å². The van der Waals surface area contributed by atoms with Crippen LogP contribution >= 0.6 is 0 Å². The van der Waals surface area contributed by atoms with Crippen LogP contribution in [-0.4, -0.2) is 29.7 Å². The van der Waals surface area contributed by atoms with E-state index in [9.17, 15) is 9.59 Å². The van der Waals surface area contributed by atoms with Crippen LogP contribution in [0.15, 0.2) is 0 Å². The average Bonchev–Trinajstić information content (AvgIpc) is 2.55. The number of amides is 1. The third kappa shape index (κ3) is 2.04. The Balaban J connectivity index is 2.68. The van der Waals surface area contributed by atoms with Gasteiger partial charge in [0.05, 0.1) is 6.10 Å². The Hall–Kier alpha value is -1.10. The zero-order chi connectivity index (χ0) is 10.8. The van der Waals surface area contributed by atoms with Gasteiger partial charge in [0.2, 0.25) is 5.91 Å². The van der Waals surface area contributed by atoms with Crippen LogP contribution < -0.4 is 5.73 Å². The molecule has 2 atom stereocenters. The van der Waals surface area contributed by atoms with Crippen LogP contribution in [0.4, 0.5) is 0 Å². The molecule has 0 spiro atoms. The monoisotopic (exact) mass is 201 g/mol. The number of hydrogen-bond donors (Lipinski definition) is 2. The molecule has 0 aliphatic carbocycles. The normalized spacial score (nSPS) is 25.6. The van der Waals surface area contributed by atoms with Gasteiger partial charge < -0.3 is 15.6 Å². The van der Waals surface area contributed by atoms with E-state index >= 15 is 0 Å². The van der Waals surface area contributed by atoms with E-state index in [-0.39, 0.29) is 12.5 Å². The maximum absolute atomic E-state index is 11.0. The number of primary amides is 1. The molecule has 2 unspecified atom stereocenters. The molecule has 0 aromatic heterocycles. The minimum atomic E-state index is -1.50. The molecule has 1 aliphatic heterocycles. The Labute approximate surface area is 82.2 Å². The number of carboxylic acids is 1. The van der Waals surface area contributed by atoms with E-state index in [1.165, 1.54) is 6.92 Å². The summed E-state index contributed by atoms with van der Waals surface area (Å²) in [5.74, 6) is -1.99. The molecule has 80 valence electrons. The van der Waals surface area contributed by atoms with Gasteiger partial charge in [0, 0.05) is 6.61 Å². The van der Waals surface area contributed by atoms with Crippen molar-refractivity contribution in [2.24, 2.45) is 11.1 Å². The van der Waals surface area contributed by atoms with Crippen LogP contribution in [-0.2, 0) is 14.3 Å². The molecule has 14 heavy (non-hydrogen) atoms. The third-order valence-corrected chi connectivity index (χ3v) is 2.68. The minimum Gasteiger partial charge on any atom is -0.480 e. The predicted octanol–water partition coefficient (Wildman–Crippen LogP) is 0.132. The molecule has 0 saturated carbocycles. The molecule has 3 N–H and O–H groups in total. The molecule has 1 rings (SSSR count). The molecule has 5 heteroatoms. The van der Waals surface area contributed by atoms with Crippen molar-refractivity contribution in [3.8, 4) is 0 Å². The summed E-state index contributed by atoms with van der Waals surface area (Å²) in [5.41, 5.74) is 3.57. The Bertz CT molecular complexity index is 231. The molecule has 0 aromatic carbocycles. The molecule has 0 radical (unpaired) electrons. The third-order valence-electron chi connectivity index (χ3n) is 2.68. The van der Waals surface area contributed by atoms with Crippen molar-refractivity contribution in [1.29, 1.82) is 0 Å². The molecular weight excluding hydrogens is 186 g/mol. The summed E-state index contributed by atoms with van der Waals surface area (Å²) in [6.07, 6.45) is 1.73. The van der Waals surface area contributed by atoms with Crippen LogP contribution in [0.2, 0.25) is 0 Å². The summed E-state index contributed by atoms with van der Waals surface area (Å²) in [6, 6.07) is 0. The van der Waals surface area contributed by atoms with Crippen molar-refractivity contribution < 1.29 is 19.4 Å². The Morgan fingerprint density at radius 2 is 2.29 bits per heavy atom. The molecule has 1 heterocycles. The van der Waals surface area contributed by atoms with E-state index in [0.29, 0.717) is 6.61 Å². The Kier molecular flexibility index (Phi) is 3.10. The van der Waals surface area contributed by atoms with Crippen molar-refractivity contribution in [2.45, 2.75) is 32.3 Å². The highest BCUT2D eigenvalue weighted by atomic mass is 16.5. The lowest BCUT2D eigenvalue weighted by Crippen LogP contribution is -2.43. The number of nitrogens with two attached hydrogens (primary N) is 1. The van der Waals surface area contributed by atoms with Crippen molar-refractivity contribution >= 4 is 11.9 Å². The van der Waals surface area contributed by atoms with Gasteiger partial charge in [-0.2, -0.15) is 0 Å². The molecule has 0 bridgehead atoms. The highest BCUT2D eigenvalue weighted by Crippen LogP contribution is 2.29. The topological polar surface area (TPSA) is 89.6 Å². The lowest BCUT2D eigenvalue weighted by molar-refractivity contribution is -0.155. The number of carboxylic acid groups (broad SMARTS) is 1. The number of aliphatic carboxylic acids is 1. The van der Waals surface area contributed by atoms with Crippen LogP contribution in [0.1, 0.15) is 26.2 Å². The van der Waals surface area contributed by atoms with Crippen LogP contribution in [0.5, 0.6) is 0 Å². The Morgan fingerprint density at radius 1 is 1.64 bits per heavy atom. The van der Waals surface area contributed by atoms with E-state index < -0.39 is 17.3 Å². The summed E-state index contributed by atoms with van der Waals surface area (Å²) in [7, 11) is 0. The van der Waals surface area contributed by atoms with Crippen LogP contribution in [0.25, 0.3) is 0 Å². The Morgan fingerprint density at radius 3 is 2.64 bits per heavy atom. The van der Waals surface area contributed by atoms with Gasteiger partial charge >= 0.3 is 5.97 Å². The lowest BCUT2D eigenvalue weighted by atomic mass is 9.83. The summed E-state index contributed by atoms with van der Waals surface area (Å²) < 4.78 is 5.28. The van der Waals surface area contributed by atoms with Crippen molar-refractivity contribution in [2.75, 3.05) is 6.61 Å². The zero-order valence-electron chi connectivity index (χ0n) is 8.16. The molecular formula is C9H15NO4. The number of rotatable bonds is 4. The SMILES string of the molecule is CC(CC1CCCO1)(C(N)=O)C(=O)O. The number of hydrogen-bond acceptors (Lipinski definition) is 3. The average molecular weight is 201 g/mol. The maximum Gasteiger partial charge on any atom is 0.319 e. The first-order valence-corrected chi connectivity index (χ1v) is 4.61. The minimum absolute atomic E-state index is 0.149. The first kappa shape index (κ1) is 11.0. The van der Waals surface area contributed by atoms with Gasteiger partial charge in [-0.1, -0.05) is 0 Å². The molecule has 1 fully saturated rings. The van der Waals surface area contributed by atoms with Gasteiger partial charge in [-0.15, -0.1) is 0 Å². The molecule has 1 aliphatic rings. The summed E-state index contributed by atoms with van der Waals surface area (Å²) in [6.45, 7) is 1.98. The largest absolute Gasteiger partial charge is 0.480 e. The molecule has 1 amide bonds. The smallest absolute Gasteiger partial charge is 0.319 e. The predicted molar refractivity (Wildman–Crippen MR) is 48.5 cm³/mol. The summed E-state index contributed by atoms with van der Waals surface area (Å²) in [4.78, 5) is 21.9. The second kappa shape index (κ2) is 3.96. The molecule has 0 aromatic rings. The fourth-order valence-electron chi connectivity index (χ4n) is 1.55. The number of carbonyl (C=O) groups excluding carboxylic acids is 1. The van der Waals surface area contributed by atoms with E-state index in [1.807, 2.05) is 0 Å². The first-order valence-electron chi connectivity index (χ1n) is 4.61. The summed E-state index contributed by atoms with van der Waals surface area (Å²) in [5, 5.41) is 8.91. The fraction of sp³-hybridized carbons (Fsp3) is 0.778. The lowest BCUT2D eigenvalue weighted by Gasteiger charge is -2.23. The highest BCUT2D eigenvalue weighted by Gasteiger charge is 2.42. The fourth-order valence-corrected chi connectivity index (χ4v) is 1.55. The van der Waals surface area contributed by atoms with Crippen molar-refractivity contribution in [1.82, 2.24) is 0 Å². The van der Waals surface area contributed by atoms with Crippen LogP contribution in [0, 0.1) is 5.41 Å². The van der Waals surface area contributed by atoms with Crippen molar-refractivity contribution in [3.05, 3.63) is 0 Å². The maximum atomic E-state index is 11.0. The van der Waals surface area contributed by atoms with E-state index in [0.717, 1.165) is 12.8 Å².